The monoisotopic (exact) mass is 655 g/mol. The molecule has 0 saturated carbocycles. The van der Waals surface area contributed by atoms with Gasteiger partial charge in [-0.05, 0) is 66.6 Å². The molecule has 0 fully saturated rings. The Kier molecular flexibility index (Phi) is 11.2. The highest BCUT2D eigenvalue weighted by atomic mass is 32.2. The van der Waals surface area contributed by atoms with Gasteiger partial charge >= 0.3 is 5.97 Å². The van der Waals surface area contributed by atoms with Crippen molar-refractivity contribution < 1.29 is 23.9 Å². The second kappa shape index (κ2) is 16.1. The zero-order valence-corrected chi connectivity index (χ0v) is 27.1. The van der Waals surface area contributed by atoms with Gasteiger partial charge in [0.1, 0.15) is 10.9 Å². The van der Waals surface area contributed by atoms with Crippen molar-refractivity contribution in [2.75, 3.05) is 17.7 Å². The van der Waals surface area contributed by atoms with Gasteiger partial charge in [-0.1, -0.05) is 96.6 Å². The number of nitrogens with one attached hydrogen (secondary N) is 3. The number of carbonyl (C=O) groups is 4. The van der Waals surface area contributed by atoms with E-state index in [0.29, 0.717) is 21.8 Å². The van der Waals surface area contributed by atoms with Crippen molar-refractivity contribution in [3.05, 3.63) is 167 Å². The SMILES string of the molecule is COC(=O)c1ccccc1NC(=O)C(Sc1cccc(NC(=O)/C(=C\c2cccc(C)c2)NC(=O)c2ccccc2)c1)c1ccccc1. The third-order valence-corrected chi connectivity index (χ3v) is 8.41. The second-order valence-corrected chi connectivity index (χ2v) is 11.9. The van der Waals surface area contributed by atoms with Crippen LogP contribution in [0.15, 0.2) is 144 Å². The second-order valence-electron chi connectivity index (χ2n) is 10.7. The van der Waals surface area contributed by atoms with Gasteiger partial charge in [-0.2, -0.15) is 0 Å². The molecular formula is C39H33N3O5S. The fraction of sp³-hybridized carbons (Fsp3) is 0.0769. The smallest absolute Gasteiger partial charge is 0.339 e. The summed E-state index contributed by atoms with van der Waals surface area (Å²) in [5.41, 5.74) is 4.04. The van der Waals surface area contributed by atoms with Crippen molar-refractivity contribution >= 4 is 52.9 Å². The number of methoxy groups -OCH3 is 1. The molecule has 5 aromatic rings. The summed E-state index contributed by atoms with van der Waals surface area (Å²) in [6.07, 6.45) is 1.63. The first kappa shape index (κ1) is 33.4. The molecule has 3 N–H and O–H groups in total. The van der Waals surface area contributed by atoms with Gasteiger partial charge < -0.3 is 20.7 Å². The Morgan fingerprint density at radius 1 is 0.729 bits per heavy atom. The maximum absolute atomic E-state index is 13.7. The first-order valence-corrected chi connectivity index (χ1v) is 15.9. The highest BCUT2D eigenvalue weighted by Crippen LogP contribution is 2.37. The van der Waals surface area contributed by atoms with E-state index in [-0.39, 0.29) is 17.2 Å². The van der Waals surface area contributed by atoms with E-state index in [1.54, 1.807) is 72.8 Å². The number of rotatable bonds is 11. The van der Waals surface area contributed by atoms with E-state index in [9.17, 15) is 19.2 Å². The van der Waals surface area contributed by atoms with Crippen molar-refractivity contribution in [1.82, 2.24) is 5.32 Å². The Balaban J connectivity index is 1.39. The largest absolute Gasteiger partial charge is 0.465 e. The Bertz CT molecular complexity index is 1960. The quantitative estimate of drug-likeness (QED) is 0.0765. The van der Waals surface area contributed by atoms with E-state index in [0.717, 1.165) is 16.7 Å². The van der Waals surface area contributed by atoms with Crippen LogP contribution < -0.4 is 16.0 Å². The van der Waals surface area contributed by atoms with Crippen LogP contribution in [-0.2, 0) is 14.3 Å². The molecule has 0 bridgehead atoms. The minimum Gasteiger partial charge on any atom is -0.465 e. The third kappa shape index (κ3) is 8.86. The summed E-state index contributed by atoms with van der Waals surface area (Å²) >= 11 is 1.29. The molecular weight excluding hydrogens is 623 g/mol. The minimum atomic E-state index is -0.704. The molecule has 0 aliphatic heterocycles. The number of carbonyl (C=O) groups excluding carboxylic acids is 4. The molecule has 0 saturated heterocycles. The summed E-state index contributed by atoms with van der Waals surface area (Å²) in [6, 6.07) is 39.3. The number of thioether (sulfide) groups is 1. The Morgan fingerprint density at radius 3 is 2.15 bits per heavy atom. The summed E-state index contributed by atoms with van der Waals surface area (Å²) in [5, 5.41) is 7.84. The van der Waals surface area contributed by atoms with E-state index < -0.39 is 23.0 Å². The summed E-state index contributed by atoms with van der Waals surface area (Å²) < 4.78 is 4.89. The Hall–Kier alpha value is -5.93. The topological polar surface area (TPSA) is 114 Å². The van der Waals surface area contributed by atoms with Crippen LogP contribution >= 0.6 is 11.8 Å². The molecule has 0 aromatic heterocycles. The number of aryl methyl sites for hydroxylation is 1. The van der Waals surface area contributed by atoms with Gasteiger partial charge in [-0.25, -0.2) is 4.79 Å². The molecule has 0 aliphatic carbocycles. The fourth-order valence-electron chi connectivity index (χ4n) is 4.83. The molecule has 1 atom stereocenters. The Labute approximate surface area is 283 Å². The molecule has 0 heterocycles. The van der Waals surface area contributed by atoms with Crippen LogP contribution in [0, 0.1) is 6.92 Å². The van der Waals surface area contributed by atoms with Crippen molar-refractivity contribution in [1.29, 1.82) is 0 Å². The Morgan fingerprint density at radius 2 is 1.42 bits per heavy atom. The molecule has 48 heavy (non-hydrogen) atoms. The van der Waals surface area contributed by atoms with Crippen LogP contribution in [0.4, 0.5) is 11.4 Å². The van der Waals surface area contributed by atoms with Gasteiger partial charge in [0, 0.05) is 16.1 Å². The van der Waals surface area contributed by atoms with Gasteiger partial charge in [0.05, 0.1) is 18.4 Å². The lowest BCUT2D eigenvalue weighted by Gasteiger charge is -2.19. The normalized spacial score (nSPS) is 11.6. The molecule has 5 aromatic carbocycles. The molecule has 8 nitrogen and oxygen atoms in total. The summed E-state index contributed by atoms with van der Waals surface area (Å²) in [5.74, 6) is -1.84. The number of amides is 3. The van der Waals surface area contributed by atoms with Crippen LogP contribution in [0.5, 0.6) is 0 Å². The number of para-hydroxylation sites is 1. The molecule has 9 heteroatoms. The van der Waals surface area contributed by atoms with E-state index >= 15 is 0 Å². The first-order chi connectivity index (χ1) is 23.3. The highest BCUT2D eigenvalue weighted by Gasteiger charge is 2.24. The maximum Gasteiger partial charge on any atom is 0.339 e. The molecule has 0 spiro atoms. The molecule has 1 unspecified atom stereocenters. The van der Waals surface area contributed by atoms with Gasteiger partial charge in [0.2, 0.25) is 5.91 Å². The zero-order chi connectivity index (χ0) is 33.9. The minimum absolute atomic E-state index is 0.0679. The van der Waals surface area contributed by atoms with Crippen LogP contribution in [0.3, 0.4) is 0 Å². The number of hydrogen-bond acceptors (Lipinski definition) is 6. The van der Waals surface area contributed by atoms with Crippen molar-refractivity contribution in [3.63, 3.8) is 0 Å². The number of esters is 1. The van der Waals surface area contributed by atoms with Crippen molar-refractivity contribution in [2.45, 2.75) is 17.1 Å². The lowest BCUT2D eigenvalue weighted by Crippen LogP contribution is -2.30. The fourth-order valence-corrected chi connectivity index (χ4v) is 5.91. The number of benzene rings is 5. The number of ether oxygens (including phenoxy) is 1. The van der Waals surface area contributed by atoms with Crippen molar-refractivity contribution in [2.24, 2.45) is 0 Å². The van der Waals surface area contributed by atoms with E-state index in [1.807, 2.05) is 73.7 Å². The maximum atomic E-state index is 13.7. The summed E-state index contributed by atoms with van der Waals surface area (Å²) in [6.45, 7) is 1.95. The van der Waals surface area contributed by atoms with Gasteiger partial charge in [0.15, 0.2) is 0 Å². The molecule has 0 radical (unpaired) electrons. The lowest BCUT2D eigenvalue weighted by molar-refractivity contribution is -0.116. The van der Waals surface area contributed by atoms with E-state index in [4.69, 9.17) is 4.74 Å². The number of anilines is 2. The van der Waals surface area contributed by atoms with E-state index in [2.05, 4.69) is 16.0 Å². The van der Waals surface area contributed by atoms with Gasteiger partial charge in [-0.15, -0.1) is 11.8 Å². The van der Waals surface area contributed by atoms with Crippen LogP contribution in [0.2, 0.25) is 0 Å². The van der Waals surface area contributed by atoms with Crippen LogP contribution in [-0.4, -0.2) is 30.8 Å². The summed E-state index contributed by atoms with van der Waals surface area (Å²) in [4.78, 5) is 53.5. The average Bonchev–Trinajstić information content (AvgIpc) is 3.11. The molecule has 240 valence electrons. The van der Waals surface area contributed by atoms with E-state index in [1.165, 1.54) is 18.9 Å². The first-order valence-electron chi connectivity index (χ1n) is 15.1. The van der Waals surface area contributed by atoms with Gasteiger partial charge in [0.25, 0.3) is 11.8 Å². The zero-order valence-electron chi connectivity index (χ0n) is 26.3. The predicted octanol–water partition coefficient (Wildman–Crippen LogP) is 7.66. The van der Waals surface area contributed by atoms with Gasteiger partial charge in [-0.3, -0.25) is 14.4 Å². The third-order valence-electron chi connectivity index (χ3n) is 7.16. The molecule has 5 rings (SSSR count). The standard InChI is InChI=1S/C39H33N3O5S/c1-26-13-11-14-27(23-26)24-34(42-36(43)29-17-7-4-8-18-29)37(44)40-30-19-12-20-31(25-30)48-35(28-15-5-3-6-16-28)38(45)41-33-22-10-9-21-32(33)39(46)47-2/h3-25,35H,1-2H3,(H,40,44)(H,41,45)(H,42,43)/b34-24+. The highest BCUT2D eigenvalue weighted by molar-refractivity contribution is 8.00. The van der Waals surface area contributed by atoms with Crippen molar-refractivity contribution in [3.8, 4) is 0 Å². The summed E-state index contributed by atoms with van der Waals surface area (Å²) in [7, 11) is 1.29. The predicted molar refractivity (Wildman–Crippen MR) is 190 cm³/mol. The molecule has 3 amide bonds. The lowest BCUT2D eigenvalue weighted by atomic mass is 10.1. The van der Waals surface area contributed by atoms with Crippen LogP contribution in [0.25, 0.3) is 6.08 Å². The molecule has 0 aliphatic rings. The average molecular weight is 656 g/mol. The number of hydrogen-bond donors (Lipinski definition) is 3. The van der Waals surface area contributed by atoms with Crippen LogP contribution in [0.1, 0.15) is 42.7 Å².